The summed E-state index contributed by atoms with van der Waals surface area (Å²) in [6, 6.07) is -0.304. The van der Waals surface area contributed by atoms with E-state index in [-0.39, 0.29) is 18.4 Å². The van der Waals surface area contributed by atoms with Crippen molar-refractivity contribution in [2.24, 2.45) is 5.92 Å². The largest absolute Gasteiger partial charge is 0.481 e. The lowest BCUT2D eigenvalue weighted by molar-refractivity contribution is -0.147. The van der Waals surface area contributed by atoms with Crippen molar-refractivity contribution in [3.05, 3.63) is 0 Å². The summed E-state index contributed by atoms with van der Waals surface area (Å²) < 4.78 is 5.24. The Balaban J connectivity index is 1.89. The predicted molar refractivity (Wildman–Crippen MR) is 59.5 cm³/mol. The first kappa shape index (κ1) is 12.3. The van der Waals surface area contributed by atoms with Crippen molar-refractivity contribution in [2.75, 3.05) is 32.8 Å². The molecule has 2 fully saturated rings. The van der Waals surface area contributed by atoms with Crippen LogP contribution in [-0.4, -0.2) is 60.8 Å². The molecule has 1 amide bonds. The summed E-state index contributed by atoms with van der Waals surface area (Å²) in [5.41, 5.74) is 0. The summed E-state index contributed by atoms with van der Waals surface area (Å²) >= 11 is 0. The number of rotatable bonds is 4. The molecule has 6 heteroatoms. The molecule has 0 aromatic heterocycles. The Kier molecular flexibility index (Phi) is 3.96. The molecule has 96 valence electrons. The van der Waals surface area contributed by atoms with Crippen LogP contribution in [0.25, 0.3) is 0 Å². The number of hydrogen-bond donors (Lipinski definition) is 2. The minimum Gasteiger partial charge on any atom is -0.481 e. The van der Waals surface area contributed by atoms with Gasteiger partial charge in [0.15, 0.2) is 0 Å². The van der Waals surface area contributed by atoms with Crippen molar-refractivity contribution in [3.63, 3.8) is 0 Å². The van der Waals surface area contributed by atoms with E-state index < -0.39 is 5.97 Å². The summed E-state index contributed by atoms with van der Waals surface area (Å²) in [7, 11) is 0. The molecule has 2 aliphatic rings. The normalized spacial score (nSPS) is 25.4. The molecule has 1 atom stereocenters. The second kappa shape index (κ2) is 5.46. The zero-order valence-electron chi connectivity index (χ0n) is 9.72. The Morgan fingerprint density at radius 2 is 2.12 bits per heavy atom. The van der Waals surface area contributed by atoms with Gasteiger partial charge in [-0.25, -0.2) is 0 Å². The lowest BCUT2D eigenvalue weighted by Crippen LogP contribution is -2.52. The maximum Gasteiger partial charge on any atom is 0.305 e. The van der Waals surface area contributed by atoms with Crippen molar-refractivity contribution >= 4 is 11.9 Å². The van der Waals surface area contributed by atoms with Crippen molar-refractivity contribution < 1.29 is 19.4 Å². The maximum atomic E-state index is 12.0. The van der Waals surface area contributed by atoms with Crippen LogP contribution < -0.4 is 5.32 Å². The predicted octanol–water partition coefficient (Wildman–Crippen LogP) is -0.702. The first-order valence-electron chi connectivity index (χ1n) is 5.96. The van der Waals surface area contributed by atoms with Crippen LogP contribution in [-0.2, 0) is 14.3 Å². The van der Waals surface area contributed by atoms with E-state index >= 15 is 0 Å². The van der Waals surface area contributed by atoms with Crippen LogP contribution >= 0.6 is 0 Å². The number of ether oxygens (including phenoxy) is 1. The smallest absolute Gasteiger partial charge is 0.305 e. The van der Waals surface area contributed by atoms with Gasteiger partial charge in [0.25, 0.3) is 0 Å². The van der Waals surface area contributed by atoms with Gasteiger partial charge in [-0.1, -0.05) is 0 Å². The van der Waals surface area contributed by atoms with Crippen molar-refractivity contribution in [3.8, 4) is 0 Å². The fourth-order valence-electron chi connectivity index (χ4n) is 2.21. The Morgan fingerprint density at radius 1 is 1.35 bits per heavy atom. The molecule has 17 heavy (non-hydrogen) atoms. The number of nitrogens with zero attached hydrogens (tertiary/aromatic N) is 1. The van der Waals surface area contributed by atoms with E-state index in [2.05, 4.69) is 5.32 Å². The molecule has 0 spiro atoms. The third-order valence-corrected chi connectivity index (χ3v) is 3.29. The highest BCUT2D eigenvalue weighted by Crippen LogP contribution is 2.16. The van der Waals surface area contributed by atoms with Gasteiger partial charge in [0.1, 0.15) is 0 Å². The van der Waals surface area contributed by atoms with Gasteiger partial charge in [0, 0.05) is 13.0 Å². The summed E-state index contributed by atoms with van der Waals surface area (Å²) in [6.07, 6.45) is 0.484. The zero-order chi connectivity index (χ0) is 12.3. The molecule has 0 aromatic rings. The molecule has 1 unspecified atom stereocenters. The molecule has 6 nitrogen and oxygen atoms in total. The van der Waals surface area contributed by atoms with Crippen LogP contribution in [0.3, 0.4) is 0 Å². The molecule has 2 heterocycles. The molecule has 0 saturated carbocycles. The van der Waals surface area contributed by atoms with Gasteiger partial charge in [0.05, 0.1) is 25.7 Å². The number of amides is 1. The van der Waals surface area contributed by atoms with Crippen LogP contribution in [0.15, 0.2) is 0 Å². The highest BCUT2D eigenvalue weighted by Gasteiger charge is 2.31. The van der Waals surface area contributed by atoms with Gasteiger partial charge in [-0.05, 0) is 19.0 Å². The lowest BCUT2D eigenvalue weighted by Gasteiger charge is -2.37. The van der Waals surface area contributed by atoms with Crippen LogP contribution in [0, 0.1) is 5.92 Å². The summed E-state index contributed by atoms with van der Waals surface area (Å²) in [4.78, 5) is 24.4. The molecular weight excluding hydrogens is 224 g/mol. The number of carboxylic acid groups (broad SMARTS) is 1. The minimum atomic E-state index is -0.886. The highest BCUT2D eigenvalue weighted by atomic mass is 16.5. The maximum absolute atomic E-state index is 12.0. The summed E-state index contributed by atoms with van der Waals surface area (Å²) in [5.74, 6) is -0.412. The van der Waals surface area contributed by atoms with E-state index in [4.69, 9.17) is 9.84 Å². The van der Waals surface area contributed by atoms with Gasteiger partial charge in [-0.15, -0.1) is 0 Å². The molecular formula is C11H18N2O4. The quantitative estimate of drug-likeness (QED) is 0.681. The molecule has 0 bridgehead atoms. The molecule has 2 rings (SSSR count). The zero-order valence-corrected chi connectivity index (χ0v) is 9.72. The Labute approximate surface area is 99.9 Å². The lowest BCUT2D eigenvalue weighted by atomic mass is 9.98. The number of morpholine rings is 1. The van der Waals surface area contributed by atoms with Crippen molar-refractivity contribution in [1.82, 2.24) is 10.2 Å². The van der Waals surface area contributed by atoms with E-state index in [0.29, 0.717) is 32.1 Å². The van der Waals surface area contributed by atoms with Crippen molar-refractivity contribution in [2.45, 2.75) is 18.9 Å². The third-order valence-electron chi connectivity index (χ3n) is 3.29. The Hall–Kier alpha value is -1.14. The first-order chi connectivity index (χ1) is 8.16. The number of nitrogens with one attached hydrogen (secondary N) is 1. The van der Waals surface area contributed by atoms with Crippen LogP contribution in [0.1, 0.15) is 12.8 Å². The number of hydrogen-bond acceptors (Lipinski definition) is 4. The number of carbonyl (C=O) groups is 2. The SMILES string of the molecule is O=C(O)CC1COCCN1C(=O)CC1CNC1. The molecule has 2 saturated heterocycles. The number of aliphatic carboxylic acids is 1. The van der Waals surface area contributed by atoms with Gasteiger partial charge < -0.3 is 20.1 Å². The van der Waals surface area contributed by atoms with E-state index in [1.54, 1.807) is 4.90 Å². The highest BCUT2D eigenvalue weighted by molar-refractivity contribution is 5.78. The topological polar surface area (TPSA) is 78.9 Å². The van der Waals surface area contributed by atoms with E-state index in [0.717, 1.165) is 13.1 Å². The number of carbonyl (C=O) groups excluding carboxylic acids is 1. The van der Waals surface area contributed by atoms with E-state index in [1.807, 2.05) is 0 Å². The first-order valence-corrected chi connectivity index (χ1v) is 5.96. The second-order valence-electron chi connectivity index (χ2n) is 4.64. The van der Waals surface area contributed by atoms with Crippen LogP contribution in [0.2, 0.25) is 0 Å². The molecule has 2 N–H and O–H groups in total. The summed E-state index contributed by atoms with van der Waals surface area (Å²) in [6.45, 7) is 3.13. The van der Waals surface area contributed by atoms with Gasteiger partial charge in [-0.2, -0.15) is 0 Å². The van der Waals surface area contributed by atoms with E-state index in [9.17, 15) is 9.59 Å². The average Bonchev–Trinajstić information content (AvgIpc) is 2.23. The monoisotopic (exact) mass is 242 g/mol. The average molecular weight is 242 g/mol. The molecule has 0 radical (unpaired) electrons. The second-order valence-corrected chi connectivity index (χ2v) is 4.64. The Morgan fingerprint density at radius 3 is 2.71 bits per heavy atom. The number of carboxylic acids is 1. The van der Waals surface area contributed by atoms with Gasteiger partial charge in [-0.3, -0.25) is 9.59 Å². The van der Waals surface area contributed by atoms with Crippen molar-refractivity contribution in [1.29, 1.82) is 0 Å². The minimum absolute atomic E-state index is 0.0331. The third kappa shape index (κ3) is 3.17. The van der Waals surface area contributed by atoms with Gasteiger partial charge in [0.2, 0.25) is 5.91 Å². The fourth-order valence-corrected chi connectivity index (χ4v) is 2.21. The van der Waals surface area contributed by atoms with Crippen LogP contribution in [0.4, 0.5) is 0 Å². The van der Waals surface area contributed by atoms with Crippen LogP contribution in [0.5, 0.6) is 0 Å². The Bertz CT molecular complexity index is 304. The van der Waals surface area contributed by atoms with Gasteiger partial charge >= 0.3 is 5.97 Å². The standard InChI is InChI=1S/C11H18N2O4/c14-10(3-8-5-12-6-8)13-1-2-17-7-9(13)4-11(15)16/h8-9,12H,1-7H2,(H,15,16). The summed E-state index contributed by atoms with van der Waals surface area (Å²) in [5, 5.41) is 11.9. The fraction of sp³-hybridized carbons (Fsp3) is 0.818. The van der Waals surface area contributed by atoms with E-state index in [1.165, 1.54) is 0 Å². The molecule has 2 aliphatic heterocycles. The molecule has 0 aliphatic carbocycles. The molecule has 0 aromatic carbocycles.